The number of nitrogens with two attached hydrogens (primary N) is 1. The van der Waals surface area contributed by atoms with Crippen molar-refractivity contribution in [1.82, 2.24) is 0 Å². The number of aliphatic carboxylic acids is 1. The summed E-state index contributed by atoms with van der Waals surface area (Å²) in [6.45, 7) is 2.81. The number of unbranched alkanes of at least 4 members (excludes halogenated alkanes) is 30. The summed E-state index contributed by atoms with van der Waals surface area (Å²) in [5.74, 6) is -2.36. The minimum Gasteiger partial charge on any atom is -0.480 e. The Morgan fingerprint density at radius 3 is 1.12 bits per heavy atom. The van der Waals surface area contributed by atoms with Crippen LogP contribution in [0.2, 0.25) is 0 Å². The standard InChI is InChI=1S/C44H86NO10P/c1-3-5-7-9-11-13-14-15-16-17-18-19-20-21-22-23-24-25-26-28-30-32-34-36-43(47)55-40(38-53-56(50,51)54-39-41(45)44(48)49)37-52-42(46)35-33-31-29-27-12-10-8-6-4-2/h40-41H,3-39,45H2,1-2H3,(H,48,49)(H,50,51). The van der Waals surface area contributed by atoms with Crippen molar-refractivity contribution in [2.24, 2.45) is 5.73 Å². The maximum Gasteiger partial charge on any atom is 0.472 e. The van der Waals surface area contributed by atoms with E-state index in [0.29, 0.717) is 12.8 Å². The summed E-state index contributed by atoms with van der Waals surface area (Å²) < 4.78 is 32.7. The number of hydrogen-bond donors (Lipinski definition) is 3. The molecule has 0 saturated carbocycles. The van der Waals surface area contributed by atoms with Crippen molar-refractivity contribution in [2.75, 3.05) is 19.8 Å². The molecule has 3 atom stereocenters. The molecule has 12 heteroatoms. The van der Waals surface area contributed by atoms with E-state index >= 15 is 0 Å². The quantitative estimate of drug-likeness (QED) is 0.0303. The van der Waals surface area contributed by atoms with Gasteiger partial charge in [0.2, 0.25) is 0 Å². The number of carbonyl (C=O) groups is 3. The number of phosphoric acid groups is 1. The summed E-state index contributed by atoms with van der Waals surface area (Å²) in [5, 5.41) is 8.88. The molecule has 0 aromatic rings. The Hall–Kier alpha value is -1.52. The van der Waals surface area contributed by atoms with Crippen LogP contribution in [0.1, 0.15) is 232 Å². The van der Waals surface area contributed by atoms with E-state index in [4.69, 9.17) is 24.8 Å². The van der Waals surface area contributed by atoms with Crippen molar-refractivity contribution in [3.05, 3.63) is 0 Å². The van der Waals surface area contributed by atoms with E-state index in [2.05, 4.69) is 18.4 Å². The van der Waals surface area contributed by atoms with Crippen molar-refractivity contribution in [2.45, 2.75) is 244 Å². The Morgan fingerprint density at radius 2 is 0.786 bits per heavy atom. The lowest BCUT2D eigenvalue weighted by Gasteiger charge is -2.20. The summed E-state index contributed by atoms with van der Waals surface area (Å²) in [6, 6.07) is -1.52. The first-order valence-corrected chi connectivity index (χ1v) is 24.6. The highest BCUT2D eigenvalue weighted by Gasteiger charge is 2.28. The van der Waals surface area contributed by atoms with Crippen molar-refractivity contribution < 1.29 is 47.5 Å². The van der Waals surface area contributed by atoms with Gasteiger partial charge in [0, 0.05) is 12.8 Å². The summed E-state index contributed by atoms with van der Waals surface area (Å²) >= 11 is 0. The normalized spacial score (nSPS) is 13.6. The summed E-state index contributed by atoms with van der Waals surface area (Å²) in [6.07, 6.45) is 39.0. The van der Waals surface area contributed by atoms with E-state index in [9.17, 15) is 23.8 Å². The first-order chi connectivity index (χ1) is 27.1. The number of ether oxygens (including phenoxy) is 2. The first kappa shape index (κ1) is 54.5. The third kappa shape index (κ3) is 39.3. The van der Waals surface area contributed by atoms with Gasteiger partial charge in [-0.05, 0) is 12.8 Å². The zero-order chi connectivity index (χ0) is 41.4. The van der Waals surface area contributed by atoms with E-state index in [1.54, 1.807) is 0 Å². The van der Waals surface area contributed by atoms with E-state index in [-0.39, 0.29) is 19.4 Å². The van der Waals surface area contributed by atoms with Gasteiger partial charge < -0.3 is 25.2 Å². The molecule has 0 bridgehead atoms. The third-order valence-electron chi connectivity index (χ3n) is 10.4. The number of carboxylic acid groups (broad SMARTS) is 1. The van der Waals surface area contributed by atoms with Crippen LogP contribution in [-0.4, -0.2) is 59.9 Å². The maximum atomic E-state index is 12.6. The van der Waals surface area contributed by atoms with Crippen molar-refractivity contribution in [1.29, 1.82) is 0 Å². The Kier molecular flexibility index (Phi) is 39.2. The molecule has 11 nitrogen and oxygen atoms in total. The summed E-state index contributed by atoms with van der Waals surface area (Å²) in [4.78, 5) is 45.8. The molecule has 0 saturated heterocycles. The molecule has 0 aliphatic heterocycles. The molecule has 0 heterocycles. The predicted molar refractivity (Wildman–Crippen MR) is 227 cm³/mol. The van der Waals surface area contributed by atoms with Gasteiger partial charge in [-0.15, -0.1) is 0 Å². The molecule has 4 N–H and O–H groups in total. The van der Waals surface area contributed by atoms with Crippen LogP contribution in [0.25, 0.3) is 0 Å². The molecular formula is C44H86NO10P. The highest BCUT2D eigenvalue weighted by atomic mass is 31.2. The number of carbonyl (C=O) groups excluding carboxylic acids is 2. The molecule has 0 aliphatic rings. The van der Waals surface area contributed by atoms with Crippen LogP contribution in [0.4, 0.5) is 0 Å². The summed E-state index contributed by atoms with van der Waals surface area (Å²) in [7, 11) is -4.70. The van der Waals surface area contributed by atoms with E-state index in [1.807, 2.05) is 0 Å². The molecule has 332 valence electrons. The zero-order valence-corrected chi connectivity index (χ0v) is 36.9. The van der Waals surface area contributed by atoms with Crippen LogP contribution >= 0.6 is 7.82 Å². The average Bonchev–Trinajstić information content (AvgIpc) is 3.17. The molecule has 0 spiro atoms. The van der Waals surface area contributed by atoms with Gasteiger partial charge >= 0.3 is 25.7 Å². The fourth-order valence-electron chi connectivity index (χ4n) is 6.71. The molecule has 0 fully saturated rings. The van der Waals surface area contributed by atoms with Crippen LogP contribution in [-0.2, 0) is 37.5 Å². The van der Waals surface area contributed by atoms with E-state index < -0.39 is 51.1 Å². The average molecular weight is 820 g/mol. The van der Waals surface area contributed by atoms with Crippen molar-refractivity contribution >= 4 is 25.7 Å². The number of phosphoric ester groups is 1. The van der Waals surface area contributed by atoms with Gasteiger partial charge in [0.15, 0.2) is 6.10 Å². The second-order valence-corrected chi connectivity index (χ2v) is 17.4. The van der Waals surface area contributed by atoms with Crippen LogP contribution < -0.4 is 5.73 Å². The highest BCUT2D eigenvalue weighted by Crippen LogP contribution is 2.43. The fourth-order valence-corrected chi connectivity index (χ4v) is 7.49. The Labute approximate surface area is 342 Å². The van der Waals surface area contributed by atoms with Crippen LogP contribution in [0.5, 0.6) is 0 Å². The van der Waals surface area contributed by atoms with Gasteiger partial charge in [-0.1, -0.05) is 206 Å². The minimum atomic E-state index is -4.70. The van der Waals surface area contributed by atoms with Gasteiger partial charge in [0.05, 0.1) is 13.2 Å². The lowest BCUT2D eigenvalue weighted by molar-refractivity contribution is -0.161. The number of carboxylic acids is 1. The second kappa shape index (κ2) is 40.3. The number of rotatable bonds is 44. The largest absolute Gasteiger partial charge is 0.480 e. The van der Waals surface area contributed by atoms with E-state index in [1.165, 1.54) is 154 Å². The lowest BCUT2D eigenvalue weighted by atomic mass is 10.0. The molecule has 3 unspecified atom stereocenters. The topological polar surface area (TPSA) is 172 Å². The van der Waals surface area contributed by atoms with Gasteiger partial charge in [-0.3, -0.25) is 23.4 Å². The molecule has 0 aliphatic carbocycles. The van der Waals surface area contributed by atoms with E-state index in [0.717, 1.165) is 38.5 Å². The Balaban J connectivity index is 4.13. The number of esters is 2. The molecule has 0 aromatic heterocycles. The Morgan fingerprint density at radius 1 is 0.482 bits per heavy atom. The molecule has 56 heavy (non-hydrogen) atoms. The van der Waals surface area contributed by atoms with Crippen LogP contribution in [0, 0.1) is 0 Å². The SMILES string of the molecule is CCCCCCCCCCCCCCCCCCCCCCCCCC(=O)OC(COC(=O)CCCCCCCCCCC)COP(=O)(O)OCC(N)C(=O)O. The second-order valence-electron chi connectivity index (χ2n) is 15.9. The zero-order valence-electron chi connectivity index (χ0n) is 36.0. The van der Waals surface area contributed by atoms with Crippen LogP contribution in [0.3, 0.4) is 0 Å². The fraction of sp³-hybridized carbons (Fsp3) is 0.932. The first-order valence-electron chi connectivity index (χ1n) is 23.1. The molecule has 0 radical (unpaired) electrons. The number of hydrogen-bond acceptors (Lipinski definition) is 9. The van der Waals surface area contributed by atoms with Gasteiger partial charge in [-0.2, -0.15) is 0 Å². The van der Waals surface area contributed by atoms with Gasteiger partial charge in [-0.25, -0.2) is 4.57 Å². The lowest BCUT2D eigenvalue weighted by Crippen LogP contribution is -2.34. The molecule has 0 aromatic carbocycles. The maximum absolute atomic E-state index is 12.6. The summed E-state index contributed by atoms with van der Waals surface area (Å²) in [5.41, 5.74) is 5.33. The molecule has 0 rings (SSSR count). The Bertz CT molecular complexity index is 968. The third-order valence-corrected chi connectivity index (χ3v) is 11.3. The van der Waals surface area contributed by atoms with Gasteiger partial charge in [0.1, 0.15) is 12.6 Å². The van der Waals surface area contributed by atoms with Crippen molar-refractivity contribution in [3.63, 3.8) is 0 Å². The minimum absolute atomic E-state index is 0.169. The van der Waals surface area contributed by atoms with Crippen molar-refractivity contribution in [3.8, 4) is 0 Å². The smallest absolute Gasteiger partial charge is 0.472 e. The molecular weight excluding hydrogens is 733 g/mol. The highest BCUT2D eigenvalue weighted by molar-refractivity contribution is 7.47. The van der Waals surface area contributed by atoms with Crippen LogP contribution in [0.15, 0.2) is 0 Å². The molecule has 0 amide bonds. The monoisotopic (exact) mass is 820 g/mol. The van der Waals surface area contributed by atoms with Gasteiger partial charge in [0.25, 0.3) is 0 Å². The predicted octanol–water partition coefficient (Wildman–Crippen LogP) is 12.3.